The van der Waals surface area contributed by atoms with Gasteiger partial charge in [0.2, 0.25) is 0 Å². The molecule has 6 aliphatic heterocycles. The zero-order valence-corrected chi connectivity index (χ0v) is 34.5. The fourth-order valence-corrected chi connectivity index (χ4v) is 11.0. The fraction of sp³-hybridized carbons (Fsp3) is 0.154. The smallest absolute Gasteiger partial charge is 0.412 e. The van der Waals surface area contributed by atoms with Crippen LogP contribution in [-0.4, -0.2) is 75.6 Å². The minimum atomic E-state index is -0.377. The highest BCUT2D eigenvalue weighted by Gasteiger charge is 2.53. The summed E-state index contributed by atoms with van der Waals surface area (Å²) in [6.07, 6.45) is -1.51. The molecule has 13 heteroatoms. The lowest BCUT2D eigenvalue weighted by Gasteiger charge is -2.51. The van der Waals surface area contributed by atoms with Gasteiger partial charge in [0.05, 0.1) is 24.2 Å². The summed E-state index contributed by atoms with van der Waals surface area (Å²) in [5.74, 6) is 2.21. The standard InChI is InChI=1S/2C26H18N2O4.H2O/c2*29-25-27-13-14-28-24(22-18-8-4-2-6-16(18)10-12-20(22)32-26(28)30)23(27)21-17-7-3-1-5-15(17)9-11-19(21)31-25;/h2*1-12,23-24H,13-14H2;1H2/t2*23-,24-;/m10./s1. The number of hydrogen-bond acceptors (Lipinski definition) is 8. The second-order valence-electron chi connectivity index (χ2n) is 16.8. The lowest BCUT2D eigenvalue weighted by molar-refractivity contribution is 0.0131. The summed E-state index contributed by atoms with van der Waals surface area (Å²) in [4.78, 5) is 59.2. The third kappa shape index (κ3) is 5.61. The number of piperazine rings is 2. The second kappa shape index (κ2) is 14.4. The maximum atomic E-state index is 13.0. The molecule has 2 saturated heterocycles. The first-order valence-corrected chi connectivity index (χ1v) is 21.4. The maximum Gasteiger partial charge on any atom is 0.415 e. The Balaban J connectivity index is 0.000000135. The summed E-state index contributed by atoms with van der Waals surface area (Å²) in [5.41, 5.74) is 3.74. The van der Waals surface area contributed by atoms with Gasteiger partial charge in [0.1, 0.15) is 23.0 Å². The van der Waals surface area contributed by atoms with Crippen LogP contribution in [0.3, 0.4) is 0 Å². The van der Waals surface area contributed by atoms with Crippen LogP contribution < -0.4 is 18.9 Å². The molecule has 0 saturated carbocycles. The van der Waals surface area contributed by atoms with Crippen molar-refractivity contribution in [3.63, 3.8) is 0 Å². The lowest BCUT2D eigenvalue weighted by Crippen LogP contribution is -2.58. The summed E-state index contributed by atoms with van der Waals surface area (Å²) in [6, 6.07) is 46.2. The monoisotopic (exact) mass is 862 g/mol. The summed E-state index contributed by atoms with van der Waals surface area (Å²) in [6.45, 7) is 1.55. The number of nitrogens with zero attached hydrogens (tertiary/aromatic N) is 4. The van der Waals surface area contributed by atoms with Gasteiger partial charge < -0.3 is 24.4 Å². The van der Waals surface area contributed by atoms with Crippen molar-refractivity contribution in [3.8, 4) is 23.0 Å². The number of carbonyl (C=O) groups excluding carboxylic acids is 4. The molecule has 0 unspecified atom stereocenters. The van der Waals surface area contributed by atoms with Gasteiger partial charge in [-0.2, -0.15) is 0 Å². The quantitative estimate of drug-likeness (QED) is 0.146. The average Bonchev–Trinajstić information content (AvgIpc) is 3.33. The molecule has 0 radical (unpaired) electrons. The van der Waals surface area contributed by atoms with E-state index in [1.165, 1.54) is 0 Å². The van der Waals surface area contributed by atoms with Crippen molar-refractivity contribution in [1.82, 2.24) is 19.6 Å². The first-order chi connectivity index (χ1) is 31.4. The summed E-state index contributed by atoms with van der Waals surface area (Å²) in [5, 5.41) is 8.36. The predicted molar refractivity (Wildman–Crippen MR) is 241 cm³/mol. The highest BCUT2D eigenvalue weighted by molar-refractivity contribution is 5.96. The average molecular weight is 863 g/mol. The number of hydrogen-bond donors (Lipinski definition) is 0. The largest absolute Gasteiger partial charge is 0.415 e. The van der Waals surface area contributed by atoms with Crippen molar-refractivity contribution in [2.24, 2.45) is 0 Å². The number of fused-ring (bicyclic) bond motifs is 22. The van der Waals surface area contributed by atoms with Crippen LogP contribution in [0.2, 0.25) is 0 Å². The molecule has 4 atom stereocenters. The Morgan fingerprint density at radius 1 is 0.308 bits per heavy atom. The molecule has 0 aromatic heterocycles. The molecule has 0 bridgehead atoms. The van der Waals surface area contributed by atoms with Gasteiger partial charge in [-0.3, -0.25) is 19.6 Å². The Morgan fingerprint density at radius 3 is 0.754 bits per heavy atom. The highest BCUT2D eigenvalue weighted by Crippen LogP contribution is 2.56. The molecule has 14 rings (SSSR count). The van der Waals surface area contributed by atoms with Crippen molar-refractivity contribution >= 4 is 67.5 Å². The Labute approximate surface area is 370 Å². The predicted octanol–water partition coefficient (Wildman–Crippen LogP) is 10.0. The van der Waals surface area contributed by atoms with E-state index in [2.05, 4.69) is 48.5 Å². The third-order valence-corrected chi connectivity index (χ3v) is 13.7. The molecule has 4 amide bonds. The van der Waals surface area contributed by atoms with Crippen LogP contribution in [-0.2, 0) is 0 Å². The molecule has 65 heavy (non-hydrogen) atoms. The number of benzene rings is 8. The van der Waals surface area contributed by atoms with E-state index < -0.39 is 0 Å². The van der Waals surface area contributed by atoms with Crippen molar-refractivity contribution in [2.45, 2.75) is 24.2 Å². The number of ether oxygens (including phenoxy) is 4. The SMILES string of the molecule is O.O=C1Oc2ccc3ccccc3c2[C@@H]2[C@H]3c4c(ccc5ccccc45)OC(=O)N3CCN12.O=C1Oc2ccc3ccccc3c2[C@H]2[C@@H]3c4c(ccc5ccccc45)OC(=O)N3CCN12. The molecule has 6 aliphatic rings. The van der Waals surface area contributed by atoms with E-state index in [-0.39, 0.29) is 54.0 Å². The molecule has 13 nitrogen and oxygen atoms in total. The minimum Gasteiger partial charge on any atom is -0.412 e. The van der Waals surface area contributed by atoms with Crippen LogP contribution in [0.25, 0.3) is 43.1 Å². The Morgan fingerprint density at radius 2 is 0.523 bits per heavy atom. The highest BCUT2D eigenvalue weighted by atomic mass is 16.6. The molecule has 320 valence electrons. The van der Waals surface area contributed by atoms with Gasteiger partial charge >= 0.3 is 24.4 Å². The van der Waals surface area contributed by atoms with Crippen LogP contribution in [0.4, 0.5) is 19.2 Å². The summed E-state index contributed by atoms with van der Waals surface area (Å²) in [7, 11) is 0. The summed E-state index contributed by atoms with van der Waals surface area (Å²) < 4.78 is 23.0. The van der Waals surface area contributed by atoms with Crippen LogP contribution in [0, 0.1) is 0 Å². The number of rotatable bonds is 0. The van der Waals surface area contributed by atoms with Gasteiger partial charge in [-0.1, -0.05) is 121 Å². The molecule has 0 aliphatic carbocycles. The second-order valence-corrected chi connectivity index (χ2v) is 16.8. The van der Waals surface area contributed by atoms with Gasteiger partial charge in [-0.25, -0.2) is 19.2 Å². The van der Waals surface area contributed by atoms with Crippen LogP contribution >= 0.6 is 0 Å². The van der Waals surface area contributed by atoms with E-state index in [1.54, 1.807) is 19.6 Å². The van der Waals surface area contributed by atoms with Gasteiger partial charge in [0.25, 0.3) is 0 Å². The maximum absolute atomic E-state index is 13.0. The van der Waals surface area contributed by atoms with Gasteiger partial charge in [-0.15, -0.1) is 0 Å². The molecule has 6 heterocycles. The first kappa shape index (κ1) is 38.5. The fourth-order valence-electron chi connectivity index (χ4n) is 11.0. The number of amides is 4. The van der Waals surface area contributed by atoms with Crippen molar-refractivity contribution < 1.29 is 43.6 Å². The molecule has 2 fully saturated rings. The lowest BCUT2D eigenvalue weighted by atomic mass is 9.82. The van der Waals surface area contributed by atoms with E-state index in [9.17, 15) is 19.2 Å². The van der Waals surface area contributed by atoms with Crippen molar-refractivity contribution in [3.05, 3.63) is 168 Å². The first-order valence-electron chi connectivity index (χ1n) is 21.4. The topological polar surface area (TPSA) is 150 Å². The van der Waals surface area contributed by atoms with E-state index >= 15 is 0 Å². The van der Waals surface area contributed by atoms with Crippen LogP contribution in [0.5, 0.6) is 23.0 Å². The van der Waals surface area contributed by atoms with Crippen LogP contribution in [0.15, 0.2) is 146 Å². The molecular weight excluding hydrogens is 825 g/mol. The molecular formula is C52H38N4O9. The van der Waals surface area contributed by atoms with Crippen LogP contribution in [0.1, 0.15) is 46.4 Å². The molecule has 8 aromatic carbocycles. The van der Waals surface area contributed by atoms with E-state index in [0.29, 0.717) is 49.2 Å². The van der Waals surface area contributed by atoms with E-state index in [1.807, 2.05) is 97.1 Å². The van der Waals surface area contributed by atoms with Crippen molar-refractivity contribution in [1.29, 1.82) is 0 Å². The van der Waals surface area contributed by atoms with Gasteiger partial charge in [-0.05, 0) is 67.4 Å². The van der Waals surface area contributed by atoms with E-state index in [4.69, 9.17) is 18.9 Å². The summed E-state index contributed by atoms with van der Waals surface area (Å²) >= 11 is 0. The number of carbonyl (C=O) groups is 4. The molecule has 0 spiro atoms. The normalized spacial score (nSPS) is 21.0. The van der Waals surface area contributed by atoms with Gasteiger partial charge in [0.15, 0.2) is 0 Å². The van der Waals surface area contributed by atoms with Crippen molar-refractivity contribution in [2.75, 3.05) is 26.2 Å². The molecule has 2 N–H and O–H groups in total. The molecule has 8 aromatic rings. The Kier molecular flexibility index (Phi) is 8.56. The van der Waals surface area contributed by atoms with E-state index in [0.717, 1.165) is 65.3 Å². The Hall–Kier alpha value is -8.16. The zero-order valence-electron chi connectivity index (χ0n) is 34.5. The zero-order chi connectivity index (χ0) is 42.8. The minimum absolute atomic E-state index is 0. The Bertz CT molecular complexity index is 2930. The van der Waals surface area contributed by atoms with Gasteiger partial charge in [0, 0.05) is 48.4 Å². The third-order valence-electron chi connectivity index (χ3n) is 13.7.